The number of fused-ring (bicyclic) bond motifs is 1. The summed E-state index contributed by atoms with van der Waals surface area (Å²) in [7, 11) is -1.57. The molecule has 2 aromatic rings. The second kappa shape index (κ2) is 9.26. The Morgan fingerprint density at radius 2 is 1.97 bits per heavy atom. The Morgan fingerprint density at radius 3 is 2.62 bits per heavy atom. The molecule has 1 aliphatic heterocycles. The lowest BCUT2D eigenvalue weighted by Gasteiger charge is -2.33. The number of aliphatic hydroxyl groups excluding tert-OH is 1. The van der Waals surface area contributed by atoms with E-state index in [2.05, 4.69) is 20.6 Å². The van der Waals surface area contributed by atoms with Gasteiger partial charge in [0.15, 0.2) is 0 Å². The number of nitrogens with zero attached hydrogens (tertiary/aromatic N) is 3. The summed E-state index contributed by atoms with van der Waals surface area (Å²) in [6.45, 7) is 0.482. The number of benzene rings is 1. The van der Waals surface area contributed by atoms with E-state index in [9.17, 15) is 18.3 Å². The third kappa shape index (κ3) is 5.01. The minimum Gasteiger partial charge on any atom is -0.388 e. The zero-order chi connectivity index (χ0) is 22.9. The minimum absolute atomic E-state index is 0.00536. The van der Waals surface area contributed by atoms with Gasteiger partial charge in [0.2, 0.25) is 16.0 Å². The van der Waals surface area contributed by atoms with Gasteiger partial charge in [-0.3, -0.25) is 4.79 Å². The van der Waals surface area contributed by atoms with Crippen LogP contribution in [0.4, 0.5) is 5.95 Å². The summed E-state index contributed by atoms with van der Waals surface area (Å²) < 4.78 is 30.2. The summed E-state index contributed by atoms with van der Waals surface area (Å²) in [5.74, 6) is 0.112. The molecule has 10 nitrogen and oxygen atoms in total. The molecule has 0 spiro atoms. The van der Waals surface area contributed by atoms with Gasteiger partial charge in [0.25, 0.3) is 5.91 Å². The number of aliphatic hydroxyl groups is 1. The van der Waals surface area contributed by atoms with Crippen molar-refractivity contribution in [1.29, 1.82) is 0 Å². The van der Waals surface area contributed by atoms with Crippen LogP contribution in [0.3, 0.4) is 0 Å². The monoisotopic (exact) mass is 463 g/mol. The fraction of sp³-hybridized carbons (Fsp3) is 0.571. The number of rotatable bonds is 6. The van der Waals surface area contributed by atoms with Gasteiger partial charge in [-0.1, -0.05) is 12.1 Å². The van der Waals surface area contributed by atoms with Crippen LogP contribution < -0.4 is 10.6 Å². The lowest BCUT2D eigenvalue weighted by Crippen LogP contribution is -2.42. The van der Waals surface area contributed by atoms with Crippen LogP contribution in [0.15, 0.2) is 24.4 Å². The van der Waals surface area contributed by atoms with E-state index in [1.165, 1.54) is 10.6 Å². The molecule has 1 aromatic heterocycles. The van der Waals surface area contributed by atoms with E-state index in [0.29, 0.717) is 17.0 Å². The molecule has 2 heterocycles. The fourth-order valence-electron chi connectivity index (χ4n) is 4.27. The molecule has 1 saturated heterocycles. The fourth-order valence-corrected chi connectivity index (χ4v) is 5.03. The standard InChI is InChI=1S/C21H29N5O5S/c1-26(32(2,29)30)15-8-6-14(7-9-15)23-21-22-10-13-4-3-5-16(19(13)25-21)20(28)24-17-11-31-12-18(17)27/h3-5,10,14-15,17-18,27H,6-9,11-12H2,1-2H3,(H,24,28)(H,22,23,25). The highest BCUT2D eigenvalue weighted by Crippen LogP contribution is 2.26. The summed E-state index contributed by atoms with van der Waals surface area (Å²) in [4.78, 5) is 21.8. The van der Waals surface area contributed by atoms with Crippen molar-refractivity contribution in [2.45, 2.75) is 49.9 Å². The Hall–Kier alpha value is -2.34. The number of aromatic nitrogens is 2. The largest absolute Gasteiger partial charge is 0.388 e. The number of para-hydroxylation sites is 1. The topological polar surface area (TPSA) is 134 Å². The quantitative estimate of drug-likeness (QED) is 0.571. The molecule has 2 aliphatic rings. The maximum absolute atomic E-state index is 12.8. The van der Waals surface area contributed by atoms with Crippen LogP contribution in [0, 0.1) is 0 Å². The van der Waals surface area contributed by atoms with Crippen molar-refractivity contribution in [3.05, 3.63) is 30.0 Å². The van der Waals surface area contributed by atoms with Crippen LogP contribution >= 0.6 is 0 Å². The molecule has 1 saturated carbocycles. The molecule has 0 bridgehead atoms. The van der Waals surface area contributed by atoms with Crippen molar-refractivity contribution < 1.29 is 23.1 Å². The average Bonchev–Trinajstić information content (AvgIpc) is 3.17. The molecule has 11 heteroatoms. The number of ether oxygens (including phenoxy) is 1. The predicted molar refractivity (Wildman–Crippen MR) is 120 cm³/mol. The molecule has 3 N–H and O–H groups in total. The van der Waals surface area contributed by atoms with Crippen molar-refractivity contribution in [1.82, 2.24) is 19.6 Å². The molecular formula is C21H29N5O5S. The number of sulfonamides is 1. The highest BCUT2D eigenvalue weighted by molar-refractivity contribution is 7.88. The van der Waals surface area contributed by atoms with Crippen LogP contribution in [0.2, 0.25) is 0 Å². The lowest BCUT2D eigenvalue weighted by atomic mass is 9.91. The van der Waals surface area contributed by atoms with Gasteiger partial charge >= 0.3 is 0 Å². The zero-order valence-electron chi connectivity index (χ0n) is 18.2. The molecular weight excluding hydrogens is 434 g/mol. The van der Waals surface area contributed by atoms with Gasteiger partial charge in [-0.15, -0.1) is 0 Å². The Balaban J connectivity index is 1.45. The molecule has 1 aromatic carbocycles. The normalized spacial score (nSPS) is 26.4. The second-order valence-electron chi connectivity index (χ2n) is 8.55. The second-order valence-corrected chi connectivity index (χ2v) is 10.6. The van der Waals surface area contributed by atoms with E-state index in [1.807, 2.05) is 6.07 Å². The van der Waals surface area contributed by atoms with Crippen molar-refractivity contribution in [3.63, 3.8) is 0 Å². The molecule has 1 aliphatic carbocycles. The first-order valence-electron chi connectivity index (χ1n) is 10.7. The van der Waals surface area contributed by atoms with E-state index >= 15 is 0 Å². The van der Waals surface area contributed by atoms with Gasteiger partial charge in [0.1, 0.15) is 0 Å². The highest BCUT2D eigenvalue weighted by Gasteiger charge is 2.30. The molecule has 174 valence electrons. The first-order chi connectivity index (χ1) is 15.2. The SMILES string of the molecule is CN(C1CCC(Nc2ncc3cccc(C(=O)NC4COCC4O)c3n2)CC1)S(C)(=O)=O. The first-order valence-corrected chi connectivity index (χ1v) is 12.6. The maximum Gasteiger partial charge on any atom is 0.253 e. The van der Waals surface area contributed by atoms with Gasteiger partial charge in [0, 0.05) is 30.7 Å². The number of nitrogens with one attached hydrogen (secondary N) is 2. The van der Waals surface area contributed by atoms with Gasteiger partial charge in [-0.05, 0) is 31.7 Å². The summed E-state index contributed by atoms with van der Waals surface area (Å²) in [6, 6.07) is 5.00. The molecule has 0 radical (unpaired) electrons. The predicted octanol–water partition coefficient (Wildman–Crippen LogP) is 0.734. The van der Waals surface area contributed by atoms with E-state index in [-0.39, 0.29) is 31.2 Å². The van der Waals surface area contributed by atoms with Gasteiger partial charge in [-0.2, -0.15) is 0 Å². The summed E-state index contributed by atoms with van der Waals surface area (Å²) in [5, 5.41) is 16.8. The van der Waals surface area contributed by atoms with Crippen LogP contribution in [0.25, 0.3) is 10.9 Å². The van der Waals surface area contributed by atoms with Crippen LogP contribution in [0.5, 0.6) is 0 Å². The smallest absolute Gasteiger partial charge is 0.253 e. The van der Waals surface area contributed by atoms with Crippen LogP contribution in [0.1, 0.15) is 36.0 Å². The third-order valence-electron chi connectivity index (χ3n) is 6.29. The Morgan fingerprint density at radius 1 is 1.22 bits per heavy atom. The number of carbonyl (C=O) groups excluding carboxylic acids is 1. The van der Waals surface area contributed by atoms with E-state index in [4.69, 9.17) is 4.74 Å². The number of amides is 1. The van der Waals surface area contributed by atoms with Gasteiger partial charge in [0.05, 0.1) is 42.7 Å². The molecule has 32 heavy (non-hydrogen) atoms. The number of hydrogen-bond donors (Lipinski definition) is 3. The molecule has 4 rings (SSSR count). The van der Waals surface area contributed by atoms with Crippen LogP contribution in [-0.4, -0.2) is 84.5 Å². The first kappa shape index (κ1) is 22.8. The lowest BCUT2D eigenvalue weighted by molar-refractivity contribution is 0.0888. The average molecular weight is 464 g/mol. The Kier molecular flexibility index (Phi) is 6.61. The Bertz CT molecular complexity index is 1090. The number of hydrogen-bond acceptors (Lipinski definition) is 8. The summed E-state index contributed by atoms with van der Waals surface area (Å²) in [6.07, 6.45) is 5.30. The highest BCUT2D eigenvalue weighted by atomic mass is 32.2. The number of anilines is 1. The number of carbonyl (C=O) groups is 1. The van der Waals surface area contributed by atoms with E-state index in [1.54, 1.807) is 25.4 Å². The minimum atomic E-state index is -3.20. The van der Waals surface area contributed by atoms with E-state index < -0.39 is 22.2 Å². The van der Waals surface area contributed by atoms with Crippen molar-refractivity contribution in [2.24, 2.45) is 0 Å². The van der Waals surface area contributed by atoms with Gasteiger partial charge in [-0.25, -0.2) is 22.7 Å². The summed E-state index contributed by atoms with van der Waals surface area (Å²) >= 11 is 0. The van der Waals surface area contributed by atoms with Crippen LogP contribution in [-0.2, 0) is 14.8 Å². The van der Waals surface area contributed by atoms with E-state index in [0.717, 1.165) is 31.1 Å². The van der Waals surface area contributed by atoms with Crippen molar-refractivity contribution >= 4 is 32.8 Å². The maximum atomic E-state index is 12.8. The molecule has 2 unspecified atom stereocenters. The molecule has 1 amide bonds. The third-order valence-corrected chi connectivity index (χ3v) is 7.63. The van der Waals surface area contributed by atoms with Gasteiger partial charge < -0.3 is 20.5 Å². The zero-order valence-corrected chi connectivity index (χ0v) is 19.0. The Labute approximate surface area is 187 Å². The molecule has 2 atom stereocenters. The van der Waals surface area contributed by atoms with Crippen molar-refractivity contribution in [3.8, 4) is 0 Å². The summed E-state index contributed by atoms with van der Waals surface area (Å²) in [5.41, 5.74) is 0.937. The molecule has 2 fully saturated rings. The van der Waals surface area contributed by atoms with Crippen molar-refractivity contribution in [2.75, 3.05) is 31.8 Å².